The highest BCUT2D eigenvalue weighted by Gasteiger charge is 2.17. The molecule has 1 aliphatic rings. The topological polar surface area (TPSA) is 32.7 Å². The predicted octanol–water partition coefficient (Wildman–Crippen LogP) is 3.16. The minimum atomic E-state index is -0.378. The van der Waals surface area contributed by atoms with Crippen LogP contribution in [-0.4, -0.2) is 36.8 Å². The number of benzene rings is 1. The first-order chi connectivity index (χ1) is 9.60. The van der Waals surface area contributed by atoms with Gasteiger partial charge in [0.25, 0.3) is 0 Å². The number of nitrogens with zero attached hydrogens (tertiary/aromatic N) is 1. The zero-order valence-electron chi connectivity index (χ0n) is 12.9. The van der Waals surface area contributed by atoms with Crippen molar-refractivity contribution in [2.75, 3.05) is 26.7 Å². The summed E-state index contributed by atoms with van der Waals surface area (Å²) < 4.78 is 5.26. The molecule has 2 unspecified atom stereocenters. The molecule has 20 heavy (non-hydrogen) atoms. The van der Waals surface area contributed by atoms with Crippen LogP contribution in [0.5, 0.6) is 5.75 Å². The van der Waals surface area contributed by atoms with Gasteiger partial charge in [0, 0.05) is 13.1 Å². The molecule has 0 saturated carbocycles. The molecular formula is C17H27NO2. The van der Waals surface area contributed by atoms with E-state index < -0.39 is 0 Å². The predicted molar refractivity (Wildman–Crippen MR) is 82.1 cm³/mol. The molecule has 112 valence electrons. The van der Waals surface area contributed by atoms with Crippen LogP contribution in [0.1, 0.15) is 43.4 Å². The van der Waals surface area contributed by atoms with Gasteiger partial charge >= 0.3 is 0 Å². The second-order valence-electron chi connectivity index (χ2n) is 6.08. The summed E-state index contributed by atoms with van der Waals surface area (Å²) >= 11 is 0. The van der Waals surface area contributed by atoms with E-state index >= 15 is 0 Å². The van der Waals surface area contributed by atoms with Crippen LogP contribution in [0.3, 0.4) is 0 Å². The van der Waals surface area contributed by atoms with Crippen molar-refractivity contribution in [3.8, 4) is 5.75 Å². The lowest BCUT2D eigenvalue weighted by Gasteiger charge is -2.31. The van der Waals surface area contributed by atoms with Crippen LogP contribution in [0.25, 0.3) is 0 Å². The summed E-state index contributed by atoms with van der Waals surface area (Å²) in [5.74, 6) is 1.68. The third-order valence-corrected chi connectivity index (χ3v) is 4.26. The van der Waals surface area contributed by atoms with E-state index in [2.05, 4.69) is 11.8 Å². The van der Waals surface area contributed by atoms with Crippen molar-refractivity contribution in [2.45, 2.75) is 39.2 Å². The number of hydrogen-bond donors (Lipinski definition) is 1. The van der Waals surface area contributed by atoms with Gasteiger partial charge in [0.15, 0.2) is 0 Å². The lowest BCUT2D eigenvalue weighted by atomic mass is 9.99. The molecule has 1 saturated heterocycles. The van der Waals surface area contributed by atoms with Crippen molar-refractivity contribution < 1.29 is 9.84 Å². The quantitative estimate of drug-likeness (QED) is 0.897. The lowest BCUT2D eigenvalue weighted by molar-refractivity contribution is 0.122. The maximum Gasteiger partial charge on any atom is 0.121 e. The Morgan fingerprint density at radius 3 is 2.90 bits per heavy atom. The van der Waals surface area contributed by atoms with Gasteiger partial charge in [-0.3, -0.25) is 0 Å². The van der Waals surface area contributed by atoms with Gasteiger partial charge in [-0.25, -0.2) is 0 Å². The molecule has 0 amide bonds. The molecular weight excluding hydrogens is 250 g/mol. The van der Waals surface area contributed by atoms with E-state index in [4.69, 9.17) is 4.74 Å². The second kappa shape index (κ2) is 7.09. The Morgan fingerprint density at radius 2 is 2.25 bits per heavy atom. The SMILES string of the molecule is COc1ccc(C(O)CCN2CCCC(C)C2)cc1C. The van der Waals surface area contributed by atoms with Crippen molar-refractivity contribution in [1.82, 2.24) is 4.90 Å². The molecule has 1 N–H and O–H groups in total. The van der Waals surface area contributed by atoms with Crippen molar-refractivity contribution in [3.63, 3.8) is 0 Å². The van der Waals surface area contributed by atoms with Crippen molar-refractivity contribution in [3.05, 3.63) is 29.3 Å². The molecule has 0 aromatic heterocycles. The Labute approximate surface area is 122 Å². The number of methoxy groups -OCH3 is 1. The molecule has 3 heteroatoms. The molecule has 1 fully saturated rings. The highest BCUT2D eigenvalue weighted by atomic mass is 16.5. The first kappa shape index (κ1) is 15.3. The van der Waals surface area contributed by atoms with Gasteiger partial charge in [-0.1, -0.05) is 13.0 Å². The molecule has 1 heterocycles. The summed E-state index contributed by atoms with van der Waals surface area (Å²) in [6.07, 6.45) is 3.06. The van der Waals surface area contributed by atoms with E-state index in [1.807, 2.05) is 25.1 Å². The standard InChI is InChI=1S/C17H27NO2/c1-13-5-4-9-18(12-13)10-8-16(19)15-6-7-17(20-3)14(2)11-15/h6-7,11,13,16,19H,4-5,8-10,12H2,1-3H3. The van der Waals surface area contributed by atoms with Crippen molar-refractivity contribution in [1.29, 1.82) is 0 Å². The van der Waals surface area contributed by atoms with Crippen LogP contribution in [0.15, 0.2) is 18.2 Å². The van der Waals surface area contributed by atoms with Crippen LogP contribution >= 0.6 is 0 Å². The first-order valence-corrected chi connectivity index (χ1v) is 7.65. The fourth-order valence-corrected chi connectivity index (χ4v) is 3.07. The zero-order valence-corrected chi connectivity index (χ0v) is 12.9. The number of rotatable bonds is 5. The zero-order chi connectivity index (χ0) is 14.5. The molecule has 1 aromatic carbocycles. The number of aryl methyl sites for hydroxylation is 1. The summed E-state index contributed by atoms with van der Waals surface area (Å²) in [6, 6.07) is 5.94. The van der Waals surface area contributed by atoms with E-state index in [9.17, 15) is 5.11 Å². The Morgan fingerprint density at radius 1 is 1.45 bits per heavy atom. The van der Waals surface area contributed by atoms with Gasteiger partial charge in [-0.05, 0) is 61.9 Å². The number of piperidine rings is 1. The summed E-state index contributed by atoms with van der Waals surface area (Å²) in [5, 5.41) is 10.3. The molecule has 0 aliphatic carbocycles. The van der Waals surface area contributed by atoms with E-state index in [-0.39, 0.29) is 6.10 Å². The van der Waals surface area contributed by atoms with Crippen LogP contribution < -0.4 is 4.74 Å². The van der Waals surface area contributed by atoms with Crippen molar-refractivity contribution >= 4 is 0 Å². The summed E-state index contributed by atoms with van der Waals surface area (Å²) in [4.78, 5) is 2.48. The van der Waals surface area contributed by atoms with Gasteiger partial charge in [-0.15, -0.1) is 0 Å². The fraction of sp³-hybridized carbons (Fsp3) is 0.647. The third kappa shape index (κ3) is 3.97. The van der Waals surface area contributed by atoms with E-state index in [1.54, 1.807) is 7.11 Å². The molecule has 1 aliphatic heterocycles. The van der Waals surface area contributed by atoms with Gasteiger partial charge in [0.05, 0.1) is 13.2 Å². The van der Waals surface area contributed by atoms with Crippen LogP contribution in [0, 0.1) is 12.8 Å². The molecule has 0 spiro atoms. The second-order valence-corrected chi connectivity index (χ2v) is 6.08. The van der Waals surface area contributed by atoms with Gasteiger partial charge in [0.2, 0.25) is 0 Å². The van der Waals surface area contributed by atoms with E-state index in [0.29, 0.717) is 0 Å². The van der Waals surface area contributed by atoms with Crippen LogP contribution in [0.2, 0.25) is 0 Å². The fourth-order valence-electron chi connectivity index (χ4n) is 3.07. The molecule has 0 radical (unpaired) electrons. The molecule has 3 nitrogen and oxygen atoms in total. The average molecular weight is 277 g/mol. The molecule has 2 rings (SSSR count). The van der Waals surface area contributed by atoms with Gasteiger partial charge in [-0.2, -0.15) is 0 Å². The van der Waals surface area contributed by atoms with Crippen LogP contribution in [0.4, 0.5) is 0 Å². The normalized spacial score (nSPS) is 21.7. The maximum atomic E-state index is 10.3. The van der Waals surface area contributed by atoms with Crippen molar-refractivity contribution in [2.24, 2.45) is 5.92 Å². The average Bonchev–Trinajstić information content (AvgIpc) is 2.44. The molecule has 1 aromatic rings. The number of aliphatic hydroxyl groups excluding tert-OH is 1. The maximum absolute atomic E-state index is 10.3. The van der Waals surface area contributed by atoms with Gasteiger partial charge in [0.1, 0.15) is 5.75 Å². The van der Waals surface area contributed by atoms with E-state index in [1.165, 1.54) is 25.9 Å². The number of aliphatic hydroxyl groups is 1. The number of likely N-dealkylation sites (tertiary alicyclic amines) is 1. The summed E-state index contributed by atoms with van der Waals surface area (Å²) in [6.45, 7) is 7.67. The smallest absolute Gasteiger partial charge is 0.121 e. The summed E-state index contributed by atoms with van der Waals surface area (Å²) in [5.41, 5.74) is 2.07. The monoisotopic (exact) mass is 277 g/mol. The Kier molecular flexibility index (Phi) is 5.44. The highest BCUT2D eigenvalue weighted by molar-refractivity contribution is 5.36. The first-order valence-electron chi connectivity index (χ1n) is 7.65. The largest absolute Gasteiger partial charge is 0.496 e. The highest BCUT2D eigenvalue weighted by Crippen LogP contribution is 2.25. The minimum absolute atomic E-state index is 0.378. The van der Waals surface area contributed by atoms with E-state index in [0.717, 1.165) is 35.8 Å². The lowest BCUT2D eigenvalue weighted by Crippen LogP contribution is -2.35. The van der Waals surface area contributed by atoms with Gasteiger partial charge < -0.3 is 14.7 Å². The van der Waals surface area contributed by atoms with Crippen LogP contribution in [-0.2, 0) is 0 Å². The Balaban J connectivity index is 1.88. The third-order valence-electron chi connectivity index (χ3n) is 4.26. The minimum Gasteiger partial charge on any atom is -0.496 e. The number of ether oxygens (including phenoxy) is 1. The Hall–Kier alpha value is -1.06. The summed E-state index contributed by atoms with van der Waals surface area (Å²) in [7, 11) is 1.68. The molecule has 0 bridgehead atoms. The number of hydrogen-bond acceptors (Lipinski definition) is 3. The molecule has 2 atom stereocenters. The Bertz CT molecular complexity index is 433.